The Balaban J connectivity index is 1.90. The fraction of sp³-hybridized carbons (Fsp3) is 0.833. The Bertz CT molecular complexity index is 334. The van der Waals surface area contributed by atoms with Gasteiger partial charge in [0, 0.05) is 25.5 Å². The lowest BCUT2D eigenvalue weighted by molar-refractivity contribution is 0.176. The summed E-state index contributed by atoms with van der Waals surface area (Å²) in [6, 6.07) is -0.0698. The van der Waals surface area contributed by atoms with Crippen LogP contribution in [0.25, 0.3) is 0 Å². The van der Waals surface area contributed by atoms with Crippen LogP contribution in [0.4, 0.5) is 0 Å². The summed E-state index contributed by atoms with van der Waals surface area (Å²) in [5, 5.41) is 4.07. The van der Waals surface area contributed by atoms with Crippen molar-refractivity contribution in [1.29, 1.82) is 0 Å². The van der Waals surface area contributed by atoms with Crippen molar-refractivity contribution < 1.29 is 9.26 Å². The fourth-order valence-corrected chi connectivity index (χ4v) is 2.37. The lowest BCUT2D eigenvalue weighted by atomic mass is 9.89. The van der Waals surface area contributed by atoms with Gasteiger partial charge < -0.3 is 15.0 Å². The first kappa shape index (κ1) is 12.5. The van der Waals surface area contributed by atoms with Crippen molar-refractivity contribution in [1.82, 2.24) is 10.1 Å². The SMILES string of the molecule is COCC(N)Cc1nc(C2CCCCC2)no1. The van der Waals surface area contributed by atoms with Crippen LogP contribution in [0.15, 0.2) is 4.52 Å². The van der Waals surface area contributed by atoms with E-state index in [1.807, 2.05) is 0 Å². The number of ether oxygens (including phenoxy) is 1. The number of methoxy groups -OCH3 is 1. The maximum Gasteiger partial charge on any atom is 0.228 e. The van der Waals surface area contributed by atoms with E-state index in [1.165, 1.54) is 32.1 Å². The summed E-state index contributed by atoms with van der Waals surface area (Å²) in [5.74, 6) is 1.99. The molecule has 1 fully saturated rings. The summed E-state index contributed by atoms with van der Waals surface area (Å²) < 4.78 is 10.2. The first-order valence-electron chi connectivity index (χ1n) is 6.36. The molecule has 17 heavy (non-hydrogen) atoms. The van der Waals surface area contributed by atoms with E-state index in [1.54, 1.807) is 7.11 Å². The van der Waals surface area contributed by atoms with Crippen molar-refractivity contribution in [2.75, 3.05) is 13.7 Å². The highest BCUT2D eigenvalue weighted by Crippen LogP contribution is 2.30. The first-order valence-corrected chi connectivity index (χ1v) is 6.36. The van der Waals surface area contributed by atoms with Crippen LogP contribution in [0.5, 0.6) is 0 Å². The van der Waals surface area contributed by atoms with Gasteiger partial charge in [-0.3, -0.25) is 0 Å². The molecule has 0 radical (unpaired) electrons. The van der Waals surface area contributed by atoms with Crippen LogP contribution >= 0.6 is 0 Å². The van der Waals surface area contributed by atoms with Crippen LogP contribution < -0.4 is 5.73 Å². The van der Waals surface area contributed by atoms with Gasteiger partial charge in [0.15, 0.2) is 5.82 Å². The van der Waals surface area contributed by atoms with Crippen LogP contribution in [0.2, 0.25) is 0 Å². The van der Waals surface area contributed by atoms with Crippen molar-refractivity contribution in [2.24, 2.45) is 5.73 Å². The van der Waals surface area contributed by atoms with E-state index in [4.69, 9.17) is 15.0 Å². The van der Waals surface area contributed by atoms with Gasteiger partial charge in [-0.15, -0.1) is 0 Å². The zero-order chi connectivity index (χ0) is 12.1. The fourth-order valence-electron chi connectivity index (χ4n) is 2.37. The molecule has 1 aromatic heterocycles. The minimum absolute atomic E-state index is 0.0698. The number of hydrogen-bond acceptors (Lipinski definition) is 5. The average Bonchev–Trinajstić information content (AvgIpc) is 2.79. The molecule has 1 unspecified atom stereocenters. The van der Waals surface area contributed by atoms with Gasteiger partial charge in [-0.25, -0.2) is 0 Å². The molecule has 0 aromatic carbocycles. The van der Waals surface area contributed by atoms with Crippen LogP contribution in [0.3, 0.4) is 0 Å². The number of rotatable bonds is 5. The van der Waals surface area contributed by atoms with E-state index in [9.17, 15) is 0 Å². The summed E-state index contributed by atoms with van der Waals surface area (Å²) in [6.45, 7) is 0.515. The van der Waals surface area contributed by atoms with Gasteiger partial charge in [-0.05, 0) is 12.8 Å². The van der Waals surface area contributed by atoms with Gasteiger partial charge in [0.25, 0.3) is 0 Å². The molecule has 2 rings (SSSR count). The van der Waals surface area contributed by atoms with Gasteiger partial charge >= 0.3 is 0 Å². The zero-order valence-electron chi connectivity index (χ0n) is 10.4. The lowest BCUT2D eigenvalue weighted by Crippen LogP contribution is -2.28. The Hall–Kier alpha value is -0.940. The van der Waals surface area contributed by atoms with Gasteiger partial charge in [0.1, 0.15) is 0 Å². The highest BCUT2D eigenvalue weighted by atomic mass is 16.5. The monoisotopic (exact) mass is 239 g/mol. The van der Waals surface area contributed by atoms with Gasteiger partial charge in [-0.2, -0.15) is 4.98 Å². The topological polar surface area (TPSA) is 74.2 Å². The zero-order valence-corrected chi connectivity index (χ0v) is 10.4. The first-order chi connectivity index (χ1) is 8.29. The van der Waals surface area contributed by atoms with Gasteiger partial charge in [0.2, 0.25) is 5.89 Å². The van der Waals surface area contributed by atoms with E-state index in [-0.39, 0.29) is 6.04 Å². The lowest BCUT2D eigenvalue weighted by Gasteiger charge is -2.17. The molecule has 0 spiro atoms. The molecule has 0 aliphatic heterocycles. The smallest absolute Gasteiger partial charge is 0.228 e. The molecule has 0 bridgehead atoms. The predicted octanol–water partition coefficient (Wildman–Crippen LogP) is 1.63. The average molecular weight is 239 g/mol. The maximum atomic E-state index is 5.85. The van der Waals surface area contributed by atoms with Crippen LogP contribution in [-0.2, 0) is 11.2 Å². The summed E-state index contributed by atoms with van der Waals surface area (Å²) in [5.41, 5.74) is 5.85. The normalized spacial score (nSPS) is 19.4. The Kier molecular flexibility index (Phi) is 4.50. The molecule has 1 aliphatic rings. The number of aromatic nitrogens is 2. The predicted molar refractivity (Wildman–Crippen MR) is 63.7 cm³/mol. The molecule has 1 saturated carbocycles. The van der Waals surface area contributed by atoms with E-state index in [0.29, 0.717) is 24.8 Å². The Morgan fingerprint density at radius 1 is 1.41 bits per heavy atom. The molecule has 96 valence electrons. The molecular formula is C12H21N3O2. The molecule has 1 aliphatic carbocycles. The highest BCUT2D eigenvalue weighted by Gasteiger charge is 2.21. The van der Waals surface area contributed by atoms with E-state index in [0.717, 1.165) is 5.82 Å². The molecule has 1 atom stereocenters. The molecule has 5 heteroatoms. The number of hydrogen-bond donors (Lipinski definition) is 1. The van der Waals surface area contributed by atoms with Crippen LogP contribution in [-0.4, -0.2) is 29.9 Å². The second kappa shape index (κ2) is 6.12. The molecule has 0 saturated heterocycles. The Morgan fingerprint density at radius 2 is 2.18 bits per heavy atom. The third-order valence-electron chi connectivity index (χ3n) is 3.27. The summed E-state index contributed by atoms with van der Waals surface area (Å²) >= 11 is 0. The largest absolute Gasteiger partial charge is 0.383 e. The molecule has 0 amide bonds. The maximum absolute atomic E-state index is 5.85. The standard InChI is InChI=1S/C12H21N3O2/c1-16-8-10(13)7-11-14-12(15-17-11)9-5-3-2-4-6-9/h9-10H,2-8,13H2,1H3. The van der Waals surface area contributed by atoms with Crippen molar-refractivity contribution in [3.8, 4) is 0 Å². The highest BCUT2D eigenvalue weighted by molar-refractivity contribution is 4.97. The Morgan fingerprint density at radius 3 is 2.88 bits per heavy atom. The molecule has 1 aromatic rings. The van der Waals surface area contributed by atoms with E-state index < -0.39 is 0 Å². The third-order valence-corrected chi connectivity index (χ3v) is 3.27. The second-order valence-electron chi connectivity index (χ2n) is 4.80. The van der Waals surface area contributed by atoms with Gasteiger partial charge in [0.05, 0.1) is 6.61 Å². The molecule has 1 heterocycles. The van der Waals surface area contributed by atoms with Crippen LogP contribution in [0.1, 0.15) is 49.7 Å². The van der Waals surface area contributed by atoms with Crippen molar-refractivity contribution in [3.63, 3.8) is 0 Å². The third kappa shape index (κ3) is 3.51. The minimum Gasteiger partial charge on any atom is -0.383 e. The second-order valence-corrected chi connectivity index (χ2v) is 4.80. The molecule has 5 nitrogen and oxygen atoms in total. The van der Waals surface area contributed by atoms with Crippen LogP contribution in [0, 0.1) is 0 Å². The molecule has 2 N–H and O–H groups in total. The number of nitrogens with zero attached hydrogens (tertiary/aromatic N) is 2. The quantitative estimate of drug-likeness (QED) is 0.845. The van der Waals surface area contributed by atoms with Crippen molar-refractivity contribution in [3.05, 3.63) is 11.7 Å². The number of nitrogens with two attached hydrogens (primary N) is 1. The van der Waals surface area contributed by atoms with E-state index >= 15 is 0 Å². The summed E-state index contributed by atoms with van der Waals surface area (Å²) in [4.78, 5) is 4.44. The summed E-state index contributed by atoms with van der Waals surface area (Å²) in [6.07, 6.45) is 6.84. The van der Waals surface area contributed by atoms with E-state index in [2.05, 4.69) is 10.1 Å². The minimum atomic E-state index is -0.0698. The van der Waals surface area contributed by atoms with Gasteiger partial charge in [-0.1, -0.05) is 24.4 Å². The van der Waals surface area contributed by atoms with Crippen molar-refractivity contribution in [2.45, 2.75) is 50.5 Å². The molecular weight excluding hydrogens is 218 g/mol. The summed E-state index contributed by atoms with van der Waals surface area (Å²) in [7, 11) is 1.64. The Labute approximate surface area is 102 Å². The van der Waals surface area contributed by atoms with Crippen molar-refractivity contribution >= 4 is 0 Å².